The zero-order valence-corrected chi connectivity index (χ0v) is 17.3. The first-order valence-corrected chi connectivity index (χ1v) is 10.7. The van der Waals surface area contributed by atoms with Crippen LogP contribution in [0.3, 0.4) is 0 Å². The van der Waals surface area contributed by atoms with Crippen molar-refractivity contribution in [2.24, 2.45) is 5.92 Å². The number of carbonyl (C=O) groups excluding carboxylic acids is 2. The van der Waals surface area contributed by atoms with Gasteiger partial charge in [-0.05, 0) is 31.4 Å². The fraction of sp³-hybridized carbons (Fsp3) is 0.478. The van der Waals surface area contributed by atoms with Crippen LogP contribution in [0.2, 0.25) is 0 Å². The number of hydrogen-bond acceptors (Lipinski definition) is 4. The minimum atomic E-state index is -0.880. The molecule has 1 fully saturated rings. The van der Waals surface area contributed by atoms with Crippen LogP contribution in [-0.2, 0) is 9.59 Å². The molecule has 1 saturated carbocycles. The van der Waals surface area contributed by atoms with Crippen LogP contribution < -0.4 is 10.6 Å². The highest BCUT2D eigenvalue weighted by atomic mass is 16.4. The number of nitrogens with one attached hydrogen (secondary N) is 2. The SMILES string of the molecule is CCCC[C@H](NC(=O)c1ccc2ccccc2n1)C(=O)N[C@H]1CCCC[C@H]1C(=O)O. The second kappa shape index (κ2) is 10.2. The Morgan fingerprint density at radius 2 is 1.90 bits per heavy atom. The van der Waals surface area contributed by atoms with Crippen molar-refractivity contribution in [2.75, 3.05) is 0 Å². The highest BCUT2D eigenvalue weighted by Gasteiger charge is 2.33. The number of carbonyl (C=O) groups is 3. The van der Waals surface area contributed by atoms with Gasteiger partial charge < -0.3 is 15.7 Å². The van der Waals surface area contributed by atoms with Crippen LogP contribution in [0.1, 0.15) is 62.4 Å². The van der Waals surface area contributed by atoms with E-state index < -0.39 is 29.9 Å². The normalized spacial score (nSPS) is 19.8. The van der Waals surface area contributed by atoms with Gasteiger partial charge in [-0.1, -0.05) is 56.9 Å². The number of carboxylic acids is 1. The molecular weight excluding hydrogens is 382 g/mol. The Balaban J connectivity index is 1.71. The number of nitrogens with zero attached hydrogens (tertiary/aromatic N) is 1. The molecule has 2 amide bonds. The van der Waals surface area contributed by atoms with Crippen molar-refractivity contribution in [2.45, 2.75) is 64.0 Å². The number of amides is 2. The number of para-hydroxylation sites is 1. The Morgan fingerprint density at radius 3 is 2.67 bits per heavy atom. The van der Waals surface area contributed by atoms with Gasteiger partial charge in [-0.2, -0.15) is 0 Å². The molecule has 1 aliphatic carbocycles. The molecule has 3 rings (SSSR count). The Hall–Kier alpha value is -2.96. The topological polar surface area (TPSA) is 108 Å². The molecule has 7 nitrogen and oxygen atoms in total. The summed E-state index contributed by atoms with van der Waals surface area (Å²) in [7, 11) is 0. The number of aromatic nitrogens is 1. The minimum absolute atomic E-state index is 0.254. The van der Waals surface area contributed by atoms with E-state index in [-0.39, 0.29) is 11.6 Å². The van der Waals surface area contributed by atoms with E-state index in [9.17, 15) is 19.5 Å². The molecule has 0 spiro atoms. The van der Waals surface area contributed by atoms with Gasteiger partial charge in [-0.15, -0.1) is 0 Å². The molecule has 160 valence electrons. The second-order valence-corrected chi connectivity index (χ2v) is 7.90. The monoisotopic (exact) mass is 411 g/mol. The molecule has 0 bridgehead atoms. The van der Waals surface area contributed by atoms with E-state index in [1.165, 1.54) is 0 Å². The predicted octanol–water partition coefficient (Wildman–Crippen LogP) is 3.28. The van der Waals surface area contributed by atoms with Crippen LogP contribution in [0.4, 0.5) is 0 Å². The summed E-state index contributed by atoms with van der Waals surface area (Å²) in [6, 6.07) is 9.88. The smallest absolute Gasteiger partial charge is 0.308 e. The fourth-order valence-electron chi connectivity index (χ4n) is 3.98. The van der Waals surface area contributed by atoms with Gasteiger partial charge in [0, 0.05) is 11.4 Å². The number of hydrogen-bond donors (Lipinski definition) is 3. The maximum Gasteiger partial charge on any atom is 0.308 e. The molecule has 1 aliphatic rings. The summed E-state index contributed by atoms with van der Waals surface area (Å²) in [6.45, 7) is 2.02. The molecule has 30 heavy (non-hydrogen) atoms. The zero-order valence-electron chi connectivity index (χ0n) is 17.3. The lowest BCUT2D eigenvalue weighted by Crippen LogP contribution is -2.53. The molecule has 3 atom stereocenters. The summed E-state index contributed by atoms with van der Waals surface area (Å²) in [5.74, 6) is -2.19. The van der Waals surface area contributed by atoms with Gasteiger partial charge in [0.15, 0.2) is 0 Å². The maximum absolute atomic E-state index is 12.9. The third-order valence-corrected chi connectivity index (χ3v) is 5.71. The van der Waals surface area contributed by atoms with Gasteiger partial charge in [0.05, 0.1) is 11.4 Å². The molecular formula is C23H29N3O4. The second-order valence-electron chi connectivity index (χ2n) is 7.90. The summed E-state index contributed by atoms with van der Waals surface area (Å²) >= 11 is 0. The van der Waals surface area contributed by atoms with Gasteiger partial charge in [0.2, 0.25) is 5.91 Å². The number of aliphatic carboxylic acids is 1. The summed E-state index contributed by atoms with van der Waals surface area (Å²) in [5.41, 5.74) is 0.968. The number of unbranched alkanes of at least 4 members (excludes halogenated alkanes) is 1. The molecule has 0 aliphatic heterocycles. The van der Waals surface area contributed by atoms with Gasteiger partial charge in [-0.3, -0.25) is 14.4 Å². The molecule has 0 saturated heterocycles. The van der Waals surface area contributed by atoms with Crippen molar-refractivity contribution in [1.29, 1.82) is 0 Å². The van der Waals surface area contributed by atoms with Crippen LogP contribution in [0.5, 0.6) is 0 Å². The molecule has 7 heteroatoms. The largest absolute Gasteiger partial charge is 0.481 e. The highest BCUT2D eigenvalue weighted by Crippen LogP contribution is 2.25. The molecule has 3 N–H and O–H groups in total. The van der Waals surface area contributed by atoms with E-state index in [2.05, 4.69) is 15.6 Å². The maximum atomic E-state index is 12.9. The summed E-state index contributed by atoms with van der Waals surface area (Å²) in [6.07, 6.45) is 5.10. The first-order valence-electron chi connectivity index (χ1n) is 10.7. The average Bonchev–Trinajstić information content (AvgIpc) is 2.76. The standard InChI is InChI=1S/C23H29N3O4/c1-2-3-10-19(21(27)25-18-12-7-5-9-16(18)23(29)30)26-22(28)20-14-13-15-8-4-6-11-17(15)24-20/h4,6,8,11,13-14,16,18-19H,2-3,5,7,9-10,12H2,1H3,(H,25,27)(H,26,28)(H,29,30)/t16-,18+,19+/m1/s1. The number of pyridine rings is 1. The Kier molecular flexibility index (Phi) is 7.38. The van der Waals surface area contributed by atoms with Crippen molar-refractivity contribution < 1.29 is 19.5 Å². The molecule has 1 aromatic heterocycles. The molecule has 0 unspecified atom stereocenters. The lowest BCUT2D eigenvalue weighted by Gasteiger charge is -2.30. The molecule has 0 radical (unpaired) electrons. The molecule has 2 aromatic rings. The first-order chi connectivity index (χ1) is 14.5. The summed E-state index contributed by atoms with van der Waals surface area (Å²) in [5, 5.41) is 16.1. The minimum Gasteiger partial charge on any atom is -0.481 e. The highest BCUT2D eigenvalue weighted by molar-refractivity contribution is 5.97. The van der Waals surface area contributed by atoms with E-state index >= 15 is 0 Å². The Bertz CT molecular complexity index is 914. The summed E-state index contributed by atoms with van der Waals surface area (Å²) in [4.78, 5) is 41.6. The van der Waals surface area contributed by atoms with Crippen LogP contribution in [-0.4, -0.2) is 40.0 Å². The third-order valence-electron chi connectivity index (χ3n) is 5.71. The predicted molar refractivity (Wildman–Crippen MR) is 114 cm³/mol. The van der Waals surface area contributed by atoms with Crippen molar-refractivity contribution in [3.63, 3.8) is 0 Å². The quantitative estimate of drug-likeness (QED) is 0.618. The molecule has 1 aromatic carbocycles. The van der Waals surface area contributed by atoms with E-state index in [4.69, 9.17) is 0 Å². The number of fused-ring (bicyclic) bond motifs is 1. The summed E-state index contributed by atoms with van der Waals surface area (Å²) < 4.78 is 0. The van der Waals surface area contributed by atoms with Crippen molar-refractivity contribution in [3.05, 3.63) is 42.1 Å². The van der Waals surface area contributed by atoms with Gasteiger partial charge in [0.25, 0.3) is 5.91 Å². The Labute approximate surface area is 176 Å². The molecule has 1 heterocycles. The zero-order chi connectivity index (χ0) is 21.5. The Morgan fingerprint density at radius 1 is 1.13 bits per heavy atom. The van der Waals surface area contributed by atoms with Gasteiger partial charge in [-0.25, -0.2) is 4.98 Å². The van der Waals surface area contributed by atoms with Crippen LogP contribution >= 0.6 is 0 Å². The lowest BCUT2D eigenvalue weighted by molar-refractivity contribution is -0.144. The van der Waals surface area contributed by atoms with E-state index in [1.54, 1.807) is 6.07 Å². The lowest BCUT2D eigenvalue weighted by atomic mass is 9.84. The van der Waals surface area contributed by atoms with Crippen molar-refractivity contribution in [1.82, 2.24) is 15.6 Å². The number of carboxylic acid groups (broad SMARTS) is 1. The average molecular weight is 412 g/mol. The van der Waals surface area contributed by atoms with Crippen molar-refractivity contribution >= 4 is 28.7 Å². The van der Waals surface area contributed by atoms with Gasteiger partial charge >= 0.3 is 5.97 Å². The number of rotatable bonds is 8. The van der Waals surface area contributed by atoms with Crippen molar-refractivity contribution in [3.8, 4) is 0 Å². The van der Waals surface area contributed by atoms with Crippen LogP contribution in [0.15, 0.2) is 36.4 Å². The van der Waals surface area contributed by atoms with E-state index in [1.807, 2.05) is 37.3 Å². The van der Waals surface area contributed by atoms with Crippen LogP contribution in [0.25, 0.3) is 10.9 Å². The van der Waals surface area contributed by atoms with E-state index in [0.717, 1.165) is 31.1 Å². The van der Waals surface area contributed by atoms with Crippen LogP contribution in [0, 0.1) is 5.92 Å². The number of benzene rings is 1. The third kappa shape index (κ3) is 5.34. The van der Waals surface area contributed by atoms with E-state index in [0.29, 0.717) is 24.8 Å². The fourth-order valence-corrected chi connectivity index (χ4v) is 3.98. The van der Waals surface area contributed by atoms with Gasteiger partial charge in [0.1, 0.15) is 11.7 Å². The first kappa shape index (κ1) is 21.7.